The van der Waals surface area contributed by atoms with Crippen LogP contribution in [0.3, 0.4) is 0 Å². The molecule has 2 aromatic rings. The van der Waals surface area contributed by atoms with Crippen molar-refractivity contribution in [2.75, 3.05) is 0 Å². The number of aryl methyl sites for hydroxylation is 1. The summed E-state index contributed by atoms with van der Waals surface area (Å²) in [6, 6.07) is 7.55. The van der Waals surface area contributed by atoms with E-state index in [0.29, 0.717) is 11.3 Å². The Morgan fingerprint density at radius 2 is 2.05 bits per heavy atom. The Morgan fingerprint density at radius 3 is 2.67 bits per heavy atom. The molecule has 1 N–H and O–H groups in total. The van der Waals surface area contributed by atoms with Crippen molar-refractivity contribution >= 4 is 5.97 Å². The number of halogens is 1. The van der Waals surface area contributed by atoms with Crippen LogP contribution in [0.25, 0.3) is 0 Å². The smallest absolute Gasteiger partial charge is 0.335 e. The number of nitrogens with zero attached hydrogens (tertiary/aromatic N) is 1. The van der Waals surface area contributed by atoms with Crippen LogP contribution in [0.2, 0.25) is 0 Å². The predicted octanol–water partition coefficient (Wildman–Crippen LogP) is 4.14. The van der Waals surface area contributed by atoms with Gasteiger partial charge in [-0.2, -0.15) is 0 Å². The van der Waals surface area contributed by atoms with Gasteiger partial charge in [0.2, 0.25) is 5.88 Å². The number of aromatic nitrogens is 1. The van der Waals surface area contributed by atoms with E-state index in [4.69, 9.17) is 9.84 Å². The standard InChI is InChI=1S/C16H16FNO3/c1-9(2)12-7-11(16(19)20)8-14(18-12)21-13-6-4-5-10(3)15(13)17/h4-9H,1-3H3,(H,19,20). The van der Waals surface area contributed by atoms with Crippen LogP contribution in [-0.4, -0.2) is 16.1 Å². The minimum Gasteiger partial charge on any atom is -0.478 e. The van der Waals surface area contributed by atoms with Crippen LogP contribution in [0.5, 0.6) is 11.6 Å². The van der Waals surface area contributed by atoms with Gasteiger partial charge < -0.3 is 9.84 Å². The number of carboxylic acids is 1. The second kappa shape index (κ2) is 5.91. The van der Waals surface area contributed by atoms with Crippen LogP contribution in [0.1, 0.15) is 41.4 Å². The first-order valence-electron chi connectivity index (χ1n) is 6.56. The third-order valence-electron chi connectivity index (χ3n) is 3.03. The lowest BCUT2D eigenvalue weighted by Crippen LogP contribution is -2.03. The van der Waals surface area contributed by atoms with E-state index in [-0.39, 0.29) is 23.1 Å². The second-order valence-electron chi connectivity index (χ2n) is 5.07. The van der Waals surface area contributed by atoms with Crippen LogP contribution >= 0.6 is 0 Å². The fourth-order valence-corrected chi connectivity index (χ4v) is 1.81. The highest BCUT2D eigenvalue weighted by Gasteiger charge is 2.14. The van der Waals surface area contributed by atoms with Gasteiger partial charge in [0.25, 0.3) is 0 Å². The number of benzene rings is 1. The quantitative estimate of drug-likeness (QED) is 0.918. The Hall–Kier alpha value is -2.43. The van der Waals surface area contributed by atoms with Crippen molar-refractivity contribution in [3.8, 4) is 11.6 Å². The molecule has 0 saturated heterocycles. The summed E-state index contributed by atoms with van der Waals surface area (Å²) in [6.45, 7) is 5.42. The molecule has 0 radical (unpaired) electrons. The SMILES string of the molecule is Cc1cccc(Oc2cc(C(=O)O)cc(C(C)C)n2)c1F. The van der Waals surface area contributed by atoms with Crippen molar-refractivity contribution in [3.05, 3.63) is 53.0 Å². The number of carboxylic acid groups (broad SMARTS) is 1. The fourth-order valence-electron chi connectivity index (χ4n) is 1.81. The number of rotatable bonds is 4. The first-order valence-corrected chi connectivity index (χ1v) is 6.56. The Bertz CT molecular complexity index is 683. The summed E-state index contributed by atoms with van der Waals surface area (Å²) in [5.74, 6) is -1.42. The van der Waals surface area contributed by atoms with E-state index in [1.807, 2.05) is 13.8 Å². The second-order valence-corrected chi connectivity index (χ2v) is 5.07. The molecule has 0 bridgehead atoms. The highest BCUT2D eigenvalue weighted by atomic mass is 19.1. The highest BCUT2D eigenvalue weighted by Crippen LogP contribution is 2.27. The maximum Gasteiger partial charge on any atom is 0.335 e. The number of hydrogen-bond acceptors (Lipinski definition) is 3. The minimum absolute atomic E-state index is 0.0275. The van der Waals surface area contributed by atoms with Crippen molar-refractivity contribution in [2.24, 2.45) is 0 Å². The predicted molar refractivity (Wildman–Crippen MR) is 76.5 cm³/mol. The molecule has 21 heavy (non-hydrogen) atoms. The number of aromatic carboxylic acids is 1. The van der Waals surface area contributed by atoms with Crippen LogP contribution in [0.4, 0.5) is 4.39 Å². The van der Waals surface area contributed by atoms with Gasteiger partial charge in [-0.15, -0.1) is 0 Å². The summed E-state index contributed by atoms with van der Waals surface area (Å²) in [4.78, 5) is 15.4. The highest BCUT2D eigenvalue weighted by molar-refractivity contribution is 5.88. The molecule has 0 spiro atoms. The molecule has 0 fully saturated rings. The van der Waals surface area contributed by atoms with E-state index in [2.05, 4.69) is 4.98 Å². The van der Waals surface area contributed by atoms with E-state index in [0.717, 1.165) is 0 Å². The third-order valence-corrected chi connectivity index (χ3v) is 3.03. The average Bonchev–Trinajstić information content (AvgIpc) is 2.43. The summed E-state index contributed by atoms with van der Waals surface area (Å²) in [6.07, 6.45) is 0. The first-order chi connectivity index (χ1) is 9.88. The topological polar surface area (TPSA) is 59.4 Å². The summed E-state index contributed by atoms with van der Waals surface area (Å²) >= 11 is 0. The molecule has 4 nitrogen and oxygen atoms in total. The minimum atomic E-state index is -1.08. The molecule has 0 saturated carbocycles. The lowest BCUT2D eigenvalue weighted by atomic mass is 10.1. The Balaban J connectivity index is 2.43. The molecule has 1 aromatic heterocycles. The molecule has 0 amide bonds. The molecule has 0 aliphatic rings. The van der Waals surface area contributed by atoms with Crippen molar-refractivity contribution in [1.82, 2.24) is 4.98 Å². The van der Waals surface area contributed by atoms with Gasteiger partial charge in [-0.05, 0) is 30.5 Å². The molecule has 1 aromatic carbocycles. The number of carbonyl (C=O) groups is 1. The number of pyridine rings is 1. The molecule has 0 aliphatic heterocycles. The van der Waals surface area contributed by atoms with E-state index in [1.54, 1.807) is 19.1 Å². The zero-order valence-electron chi connectivity index (χ0n) is 12.1. The molecule has 0 unspecified atom stereocenters. The van der Waals surface area contributed by atoms with Crippen molar-refractivity contribution in [1.29, 1.82) is 0 Å². The molecule has 2 rings (SSSR count). The van der Waals surface area contributed by atoms with Gasteiger partial charge in [0.1, 0.15) is 0 Å². The fraction of sp³-hybridized carbons (Fsp3) is 0.250. The molecule has 1 heterocycles. The summed E-state index contributed by atoms with van der Waals surface area (Å²) in [7, 11) is 0. The molecular formula is C16H16FNO3. The van der Waals surface area contributed by atoms with Gasteiger partial charge in [0.15, 0.2) is 11.6 Å². The zero-order chi connectivity index (χ0) is 15.6. The molecule has 0 atom stereocenters. The van der Waals surface area contributed by atoms with Crippen LogP contribution < -0.4 is 4.74 Å². The van der Waals surface area contributed by atoms with Crippen LogP contribution in [-0.2, 0) is 0 Å². The van der Waals surface area contributed by atoms with E-state index >= 15 is 0 Å². The van der Waals surface area contributed by atoms with Gasteiger partial charge in [-0.3, -0.25) is 0 Å². The van der Waals surface area contributed by atoms with Crippen molar-refractivity contribution in [2.45, 2.75) is 26.7 Å². The number of ether oxygens (including phenoxy) is 1. The Labute approximate surface area is 122 Å². The maximum absolute atomic E-state index is 13.9. The van der Waals surface area contributed by atoms with Gasteiger partial charge in [-0.25, -0.2) is 14.2 Å². The Morgan fingerprint density at radius 1 is 1.33 bits per heavy atom. The first kappa shape index (κ1) is 15.0. The lowest BCUT2D eigenvalue weighted by molar-refractivity contribution is 0.0696. The monoisotopic (exact) mass is 289 g/mol. The largest absolute Gasteiger partial charge is 0.478 e. The van der Waals surface area contributed by atoms with E-state index in [9.17, 15) is 9.18 Å². The zero-order valence-corrected chi connectivity index (χ0v) is 12.1. The van der Waals surface area contributed by atoms with Crippen LogP contribution in [0, 0.1) is 12.7 Å². The summed E-state index contributed by atoms with van der Waals surface area (Å²) in [5, 5.41) is 9.12. The molecule has 0 aliphatic carbocycles. The van der Waals surface area contributed by atoms with E-state index < -0.39 is 11.8 Å². The van der Waals surface area contributed by atoms with Crippen molar-refractivity contribution in [3.63, 3.8) is 0 Å². The summed E-state index contributed by atoms with van der Waals surface area (Å²) in [5.41, 5.74) is 1.10. The van der Waals surface area contributed by atoms with Gasteiger partial charge >= 0.3 is 5.97 Å². The molecular weight excluding hydrogens is 273 g/mol. The summed E-state index contributed by atoms with van der Waals surface area (Å²) < 4.78 is 19.4. The maximum atomic E-state index is 13.9. The van der Waals surface area contributed by atoms with Gasteiger partial charge in [-0.1, -0.05) is 26.0 Å². The normalized spacial score (nSPS) is 10.7. The van der Waals surface area contributed by atoms with Crippen LogP contribution in [0.15, 0.2) is 30.3 Å². The van der Waals surface area contributed by atoms with Gasteiger partial charge in [0, 0.05) is 11.8 Å². The van der Waals surface area contributed by atoms with Gasteiger partial charge in [0.05, 0.1) is 5.56 Å². The Kier molecular flexibility index (Phi) is 4.21. The number of hydrogen-bond donors (Lipinski definition) is 1. The molecule has 5 heteroatoms. The van der Waals surface area contributed by atoms with E-state index in [1.165, 1.54) is 18.2 Å². The average molecular weight is 289 g/mol. The molecule has 110 valence electrons. The third kappa shape index (κ3) is 3.37. The van der Waals surface area contributed by atoms with Crippen molar-refractivity contribution < 1.29 is 19.0 Å². The lowest BCUT2D eigenvalue weighted by Gasteiger charge is -2.11.